The summed E-state index contributed by atoms with van der Waals surface area (Å²) < 4.78 is 10.9. The van der Waals surface area contributed by atoms with Gasteiger partial charge in [-0.2, -0.15) is 0 Å². The van der Waals surface area contributed by atoms with Crippen LogP contribution in [0.4, 0.5) is 0 Å². The zero-order valence-electron chi connectivity index (χ0n) is 11.4. The third-order valence-electron chi connectivity index (χ3n) is 3.12. The van der Waals surface area contributed by atoms with Crippen LogP contribution in [0.3, 0.4) is 0 Å². The van der Waals surface area contributed by atoms with E-state index in [1.807, 2.05) is 0 Å². The predicted molar refractivity (Wildman–Crippen MR) is 73.8 cm³/mol. The molecule has 2 heterocycles. The summed E-state index contributed by atoms with van der Waals surface area (Å²) in [5.41, 5.74) is 0.0894. The average molecular weight is 280 g/mol. The van der Waals surface area contributed by atoms with Gasteiger partial charge >= 0.3 is 0 Å². The second kappa shape index (κ2) is 7.81. The molecule has 2 N–H and O–H groups in total. The standard InChI is InChI=1S/C14H20N2O4/c17-13-9-11(4-6-15-13)14(18)16-5-2-7-19-10-12-3-1-8-20-12/h4,6,9,12H,1-3,5,7-8,10H2,(H,15,17)(H,16,18). The fourth-order valence-electron chi connectivity index (χ4n) is 2.05. The quantitative estimate of drug-likeness (QED) is 0.720. The van der Waals surface area contributed by atoms with Crippen LogP contribution in [0, 0.1) is 0 Å². The molecule has 2 rings (SSSR count). The van der Waals surface area contributed by atoms with Crippen LogP contribution in [0.5, 0.6) is 0 Å². The Hall–Kier alpha value is -1.66. The van der Waals surface area contributed by atoms with E-state index in [0.717, 1.165) is 25.9 Å². The second-order valence-electron chi connectivity index (χ2n) is 4.76. The van der Waals surface area contributed by atoms with Crippen molar-refractivity contribution in [3.05, 3.63) is 34.2 Å². The van der Waals surface area contributed by atoms with E-state index in [0.29, 0.717) is 25.3 Å². The van der Waals surface area contributed by atoms with Gasteiger partial charge in [0.15, 0.2) is 0 Å². The van der Waals surface area contributed by atoms with Crippen molar-refractivity contribution in [3.8, 4) is 0 Å². The molecule has 6 nitrogen and oxygen atoms in total. The van der Waals surface area contributed by atoms with E-state index in [-0.39, 0.29) is 17.6 Å². The number of ether oxygens (including phenoxy) is 2. The number of aromatic amines is 1. The first kappa shape index (κ1) is 14.7. The van der Waals surface area contributed by atoms with Gasteiger partial charge in [0.25, 0.3) is 5.91 Å². The van der Waals surface area contributed by atoms with Crippen LogP contribution in [-0.4, -0.2) is 43.4 Å². The van der Waals surface area contributed by atoms with Crippen LogP contribution in [0.1, 0.15) is 29.6 Å². The maximum Gasteiger partial charge on any atom is 0.251 e. The predicted octanol–water partition coefficient (Wildman–Crippen LogP) is 0.690. The molecule has 1 atom stereocenters. The van der Waals surface area contributed by atoms with Crippen molar-refractivity contribution < 1.29 is 14.3 Å². The molecule has 1 aliphatic rings. The normalized spacial score (nSPS) is 18.1. The summed E-state index contributed by atoms with van der Waals surface area (Å²) in [4.78, 5) is 25.3. The number of nitrogens with one attached hydrogen (secondary N) is 2. The van der Waals surface area contributed by atoms with E-state index in [4.69, 9.17) is 9.47 Å². The largest absolute Gasteiger partial charge is 0.379 e. The van der Waals surface area contributed by atoms with E-state index in [9.17, 15) is 9.59 Å². The smallest absolute Gasteiger partial charge is 0.251 e. The maximum absolute atomic E-state index is 11.7. The van der Waals surface area contributed by atoms with Crippen molar-refractivity contribution in [1.82, 2.24) is 10.3 Å². The van der Waals surface area contributed by atoms with Crippen molar-refractivity contribution in [2.75, 3.05) is 26.4 Å². The first-order valence-corrected chi connectivity index (χ1v) is 6.92. The molecule has 1 fully saturated rings. The van der Waals surface area contributed by atoms with E-state index < -0.39 is 0 Å². The van der Waals surface area contributed by atoms with Crippen LogP contribution in [0.15, 0.2) is 23.1 Å². The first-order chi connectivity index (χ1) is 9.75. The zero-order chi connectivity index (χ0) is 14.2. The molecular weight excluding hydrogens is 260 g/mol. The monoisotopic (exact) mass is 280 g/mol. The highest BCUT2D eigenvalue weighted by Crippen LogP contribution is 2.11. The molecule has 1 amide bonds. The van der Waals surface area contributed by atoms with Crippen molar-refractivity contribution >= 4 is 5.91 Å². The van der Waals surface area contributed by atoms with Gasteiger partial charge in [-0.15, -0.1) is 0 Å². The lowest BCUT2D eigenvalue weighted by molar-refractivity contribution is 0.0166. The molecule has 1 saturated heterocycles. The van der Waals surface area contributed by atoms with Gasteiger partial charge in [0.05, 0.1) is 12.7 Å². The molecule has 0 saturated carbocycles. The molecule has 0 aromatic carbocycles. The SMILES string of the molecule is O=C(NCCCOCC1CCCO1)c1cc[nH]c(=O)c1. The number of aromatic nitrogens is 1. The third-order valence-corrected chi connectivity index (χ3v) is 3.12. The average Bonchev–Trinajstić information content (AvgIpc) is 2.95. The number of pyridine rings is 1. The Labute approximate surface area is 117 Å². The highest BCUT2D eigenvalue weighted by Gasteiger charge is 2.14. The molecule has 0 aliphatic carbocycles. The summed E-state index contributed by atoms with van der Waals surface area (Å²) >= 11 is 0. The summed E-state index contributed by atoms with van der Waals surface area (Å²) in [5.74, 6) is -0.241. The molecule has 1 aromatic heterocycles. The molecule has 0 spiro atoms. The Morgan fingerprint density at radius 3 is 3.20 bits per heavy atom. The van der Waals surface area contributed by atoms with Gasteiger partial charge in [-0.3, -0.25) is 9.59 Å². The van der Waals surface area contributed by atoms with Gasteiger partial charge in [0, 0.05) is 37.6 Å². The number of rotatable bonds is 7. The topological polar surface area (TPSA) is 80.4 Å². The number of amides is 1. The highest BCUT2D eigenvalue weighted by atomic mass is 16.5. The van der Waals surface area contributed by atoms with E-state index in [1.54, 1.807) is 6.07 Å². The fourth-order valence-corrected chi connectivity index (χ4v) is 2.05. The summed E-state index contributed by atoms with van der Waals surface area (Å²) in [7, 11) is 0. The maximum atomic E-state index is 11.7. The van der Waals surface area contributed by atoms with Gasteiger partial charge in [-0.25, -0.2) is 0 Å². The van der Waals surface area contributed by atoms with Crippen molar-refractivity contribution in [2.24, 2.45) is 0 Å². The van der Waals surface area contributed by atoms with Gasteiger partial charge in [0.1, 0.15) is 0 Å². The van der Waals surface area contributed by atoms with Gasteiger partial charge in [-0.05, 0) is 25.3 Å². The number of hydrogen-bond donors (Lipinski definition) is 2. The molecule has 1 aliphatic heterocycles. The number of H-pyrrole nitrogens is 1. The Morgan fingerprint density at radius 2 is 2.45 bits per heavy atom. The van der Waals surface area contributed by atoms with Crippen LogP contribution in [0.2, 0.25) is 0 Å². The summed E-state index contributed by atoms with van der Waals surface area (Å²) in [5, 5.41) is 2.75. The number of carbonyl (C=O) groups excluding carboxylic acids is 1. The van der Waals surface area contributed by atoms with Gasteiger partial charge in [0.2, 0.25) is 5.56 Å². The Kier molecular flexibility index (Phi) is 5.76. The van der Waals surface area contributed by atoms with Crippen LogP contribution in [0.25, 0.3) is 0 Å². The molecular formula is C14H20N2O4. The van der Waals surface area contributed by atoms with Crippen molar-refractivity contribution in [2.45, 2.75) is 25.4 Å². The second-order valence-corrected chi connectivity index (χ2v) is 4.76. The van der Waals surface area contributed by atoms with E-state index >= 15 is 0 Å². The first-order valence-electron chi connectivity index (χ1n) is 6.92. The van der Waals surface area contributed by atoms with Crippen LogP contribution < -0.4 is 10.9 Å². The number of hydrogen-bond acceptors (Lipinski definition) is 4. The van der Waals surface area contributed by atoms with E-state index in [2.05, 4.69) is 10.3 Å². The summed E-state index contributed by atoms with van der Waals surface area (Å²) in [6, 6.07) is 2.86. The highest BCUT2D eigenvalue weighted by molar-refractivity contribution is 5.93. The van der Waals surface area contributed by atoms with E-state index in [1.165, 1.54) is 12.3 Å². The van der Waals surface area contributed by atoms with Gasteiger partial charge in [-0.1, -0.05) is 0 Å². The van der Waals surface area contributed by atoms with Crippen LogP contribution in [-0.2, 0) is 9.47 Å². The zero-order valence-corrected chi connectivity index (χ0v) is 11.4. The molecule has 0 bridgehead atoms. The Morgan fingerprint density at radius 1 is 1.55 bits per heavy atom. The Balaban J connectivity index is 1.56. The summed E-state index contributed by atoms with van der Waals surface area (Å²) in [6.45, 7) is 2.58. The fraction of sp³-hybridized carbons (Fsp3) is 0.571. The molecule has 0 radical (unpaired) electrons. The molecule has 110 valence electrons. The minimum Gasteiger partial charge on any atom is -0.379 e. The Bertz CT molecular complexity index is 480. The van der Waals surface area contributed by atoms with Crippen molar-refractivity contribution in [1.29, 1.82) is 0 Å². The summed E-state index contributed by atoms with van der Waals surface area (Å²) in [6.07, 6.45) is 4.61. The van der Waals surface area contributed by atoms with Crippen molar-refractivity contribution in [3.63, 3.8) is 0 Å². The lowest BCUT2D eigenvalue weighted by Gasteiger charge is -2.10. The lowest BCUT2D eigenvalue weighted by atomic mass is 10.2. The molecule has 1 aromatic rings. The lowest BCUT2D eigenvalue weighted by Crippen LogP contribution is -2.26. The minimum atomic E-state index is -0.280. The number of carbonyl (C=O) groups is 1. The molecule has 20 heavy (non-hydrogen) atoms. The molecule has 6 heteroatoms. The molecule has 1 unspecified atom stereocenters. The minimum absolute atomic E-state index is 0.237. The third kappa shape index (κ3) is 4.79. The van der Waals surface area contributed by atoms with Crippen LogP contribution >= 0.6 is 0 Å². The van der Waals surface area contributed by atoms with Gasteiger partial charge < -0.3 is 19.8 Å².